The van der Waals surface area contributed by atoms with Gasteiger partial charge in [0.1, 0.15) is 6.04 Å². The van der Waals surface area contributed by atoms with Crippen LogP contribution in [-0.4, -0.2) is 41.4 Å². The number of carbonyl (C=O) groups excluding carboxylic acids is 2. The minimum atomic E-state index is -0.454. The molecule has 2 aliphatic rings. The molecule has 0 aromatic rings. The van der Waals surface area contributed by atoms with E-state index in [1.165, 1.54) is 0 Å². The predicted molar refractivity (Wildman–Crippen MR) is 76.0 cm³/mol. The lowest BCUT2D eigenvalue weighted by Gasteiger charge is -2.26. The molecule has 0 bridgehead atoms. The monoisotopic (exact) mass is 289 g/mol. The second-order valence-electron chi connectivity index (χ2n) is 5.37. The molecule has 2 fully saturated rings. The van der Waals surface area contributed by atoms with Crippen LogP contribution in [0.3, 0.4) is 0 Å². The molecule has 2 amide bonds. The molecule has 6 heteroatoms. The van der Waals surface area contributed by atoms with Crippen LogP contribution >= 0.6 is 12.4 Å². The maximum atomic E-state index is 12.2. The molecule has 1 saturated heterocycles. The van der Waals surface area contributed by atoms with Crippen LogP contribution in [0.1, 0.15) is 45.4 Å². The summed E-state index contributed by atoms with van der Waals surface area (Å²) in [4.78, 5) is 25.9. The summed E-state index contributed by atoms with van der Waals surface area (Å²) in [5, 5.41) is 2.98. The first-order chi connectivity index (χ1) is 8.63. The maximum Gasteiger partial charge on any atom is 0.243 e. The molecule has 0 spiro atoms. The highest BCUT2D eigenvalue weighted by atomic mass is 35.5. The first-order valence-electron chi connectivity index (χ1n) is 7.00. The van der Waals surface area contributed by atoms with Crippen LogP contribution < -0.4 is 11.1 Å². The molecule has 0 radical (unpaired) electrons. The van der Waals surface area contributed by atoms with E-state index < -0.39 is 6.04 Å². The third-order valence-electron chi connectivity index (χ3n) is 3.68. The number of amides is 2. The average Bonchev–Trinajstić information content (AvgIpc) is 3.02. The van der Waals surface area contributed by atoms with Crippen LogP contribution in [0.15, 0.2) is 0 Å². The molecule has 5 nitrogen and oxygen atoms in total. The van der Waals surface area contributed by atoms with Crippen LogP contribution in [0.4, 0.5) is 0 Å². The predicted octanol–water partition coefficient (Wildman–Crippen LogP) is 0.805. The fraction of sp³-hybridized carbons (Fsp3) is 0.846. The molecule has 1 aliphatic heterocycles. The van der Waals surface area contributed by atoms with Crippen molar-refractivity contribution in [3.8, 4) is 0 Å². The summed E-state index contributed by atoms with van der Waals surface area (Å²) < 4.78 is 0. The third-order valence-corrected chi connectivity index (χ3v) is 3.68. The summed E-state index contributed by atoms with van der Waals surface area (Å²) >= 11 is 0. The molecule has 0 aromatic heterocycles. The number of nitrogens with one attached hydrogen (secondary N) is 1. The third kappa shape index (κ3) is 4.08. The summed E-state index contributed by atoms with van der Waals surface area (Å²) in [5.41, 5.74) is 5.86. The van der Waals surface area contributed by atoms with Crippen LogP contribution in [0.25, 0.3) is 0 Å². The van der Waals surface area contributed by atoms with E-state index in [0.717, 1.165) is 32.1 Å². The van der Waals surface area contributed by atoms with Gasteiger partial charge in [-0.05, 0) is 32.1 Å². The number of hydrogen-bond acceptors (Lipinski definition) is 3. The lowest BCUT2D eigenvalue weighted by Crippen LogP contribution is -2.51. The summed E-state index contributed by atoms with van der Waals surface area (Å²) in [5.74, 6) is -0.0580. The van der Waals surface area contributed by atoms with Gasteiger partial charge in [-0.25, -0.2) is 0 Å². The Hall–Kier alpha value is -0.810. The molecule has 110 valence electrons. The standard InChI is InChI=1S/C13H23N3O2.ClH/c1-2-4-10(14)13(18)16-8-3-5-11(16)12(17)15-9-6-7-9;/h9-11H,2-8,14H2,1H3,(H,15,17);1H. The molecular formula is C13H24ClN3O2. The van der Waals surface area contributed by atoms with E-state index in [0.29, 0.717) is 19.0 Å². The van der Waals surface area contributed by atoms with E-state index in [4.69, 9.17) is 5.73 Å². The van der Waals surface area contributed by atoms with Gasteiger partial charge in [-0.2, -0.15) is 0 Å². The van der Waals surface area contributed by atoms with Crippen molar-refractivity contribution in [1.29, 1.82) is 0 Å². The molecular weight excluding hydrogens is 266 g/mol. The summed E-state index contributed by atoms with van der Waals surface area (Å²) in [7, 11) is 0. The molecule has 1 heterocycles. The van der Waals surface area contributed by atoms with Crippen LogP contribution in [-0.2, 0) is 9.59 Å². The number of likely N-dealkylation sites (tertiary alicyclic amines) is 1. The first kappa shape index (κ1) is 16.2. The number of halogens is 1. The Labute approximate surface area is 120 Å². The van der Waals surface area contributed by atoms with Crippen LogP contribution in [0.2, 0.25) is 0 Å². The lowest BCUT2D eigenvalue weighted by atomic mass is 10.1. The molecule has 19 heavy (non-hydrogen) atoms. The highest BCUT2D eigenvalue weighted by Crippen LogP contribution is 2.23. The van der Waals surface area contributed by atoms with Gasteiger partial charge in [0.2, 0.25) is 11.8 Å². The van der Waals surface area contributed by atoms with Crippen LogP contribution in [0, 0.1) is 0 Å². The topological polar surface area (TPSA) is 75.4 Å². The van der Waals surface area contributed by atoms with Crippen molar-refractivity contribution in [2.24, 2.45) is 5.73 Å². The number of nitrogens with two attached hydrogens (primary N) is 1. The van der Waals surface area contributed by atoms with Crippen molar-refractivity contribution in [2.45, 2.75) is 63.6 Å². The molecule has 1 aliphatic carbocycles. The zero-order valence-corrected chi connectivity index (χ0v) is 12.2. The maximum absolute atomic E-state index is 12.2. The van der Waals surface area contributed by atoms with Crippen molar-refractivity contribution in [1.82, 2.24) is 10.2 Å². The summed E-state index contributed by atoms with van der Waals surface area (Å²) in [6.45, 7) is 2.67. The number of nitrogens with zero attached hydrogens (tertiary/aromatic N) is 1. The Balaban J connectivity index is 0.00000180. The van der Waals surface area contributed by atoms with Crippen LogP contribution in [0.5, 0.6) is 0 Å². The van der Waals surface area contributed by atoms with Gasteiger partial charge >= 0.3 is 0 Å². The molecule has 2 rings (SSSR count). The fourth-order valence-corrected chi connectivity index (χ4v) is 2.48. The Morgan fingerprint density at radius 3 is 2.63 bits per heavy atom. The van der Waals surface area contributed by atoms with Gasteiger partial charge in [-0.3, -0.25) is 9.59 Å². The summed E-state index contributed by atoms with van der Waals surface area (Å²) in [6.07, 6.45) is 5.38. The van der Waals surface area contributed by atoms with Crippen molar-refractivity contribution >= 4 is 24.2 Å². The number of rotatable bonds is 5. The normalized spacial score (nSPS) is 23.7. The number of carbonyl (C=O) groups is 2. The average molecular weight is 290 g/mol. The van der Waals surface area contributed by atoms with Gasteiger partial charge in [-0.15, -0.1) is 12.4 Å². The van der Waals surface area contributed by atoms with Gasteiger partial charge in [0, 0.05) is 12.6 Å². The Morgan fingerprint density at radius 2 is 2.05 bits per heavy atom. The van der Waals surface area contributed by atoms with E-state index >= 15 is 0 Å². The minimum absolute atomic E-state index is 0. The van der Waals surface area contributed by atoms with Gasteiger partial charge in [0.15, 0.2) is 0 Å². The van der Waals surface area contributed by atoms with Crippen molar-refractivity contribution < 1.29 is 9.59 Å². The van der Waals surface area contributed by atoms with E-state index in [1.807, 2.05) is 6.92 Å². The Morgan fingerprint density at radius 1 is 1.37 bits per heavy atom. The van der Waals surface area contributed by atoms with Crippen molar-refractivity contribution in [3.05, 3.63) is 0 Å². The second kappa shape index (κ2) is 7.10. The SMILES string of the molecule is CCCC(N)C(=O)N1CCCC1C(=O)NC1CC1.Cl. The minimum Gasteiger partial charge on any atom is -0.352 e. The highest BCUT2D eigenvalue weighted by Gasteiger charge is 2.37. The molecule has 0 aromatic carbocycles. The first-order valence-corrected chi connectivity index (χ1v) is 7.00. The van der Waals surface area contributed by atoms with Gasteiger partial charge in [-0.1, -0.05) is 13.3 Å². The zero-order chi connectivity index (χ0) is 13.1. The number of hydrogen-bond donors (Lipinski definition) is 2. The molecule has 2 unspecified atom stereocenters. The Kier molecular flexibility index (Phi) is 6.07. The van der Waals surface area contributed by atoms with E-state index in [1.54, 1.807) is 4.90 Å². The lowest BCUT2D eigenvalue weighted by molar-refractivity contribution is -0.139. The Bertz CT molecular complexity index is 334. The molecule has 3 N–H and O–H groups in total. The van der Waals surface area contributed by atoms with E-state index in [9.17, 15) is 9.59 Å². The highest BCUT2D eigenvalue weighted by molar-refractivity contribution is 5.90. The van der Waals surface area contributed by atoms with Crippen molar-refractivity contribution in [2.75, 3.05) is 6.54 Å². The summed E-state index contributed by atoms with van der Waals surface area (Å²) in [6, 6.07) is -0.398. The van der Waals surface area contributed by atoms with E-state index in [-0.39, 0.29) is 30.3 Å². The smallest absolute Gasteiger partial charge is 0.243 e. The van der Waals surface area contributed by atoms with Crippen molar-refractivity contribution in [3.63, 3.8) is 0 Å². The zero-order valence-electron chi connectivity index (χ0n) is 11.4. The quantitative estimate of drug-likeness (QED) is 0.786. The molecule has 2 atom stereocenters. The fourth-order valence-electron chi connectivity index (χ4n) is 2.48. The van der Waals surface area contributed by atoms with Gasteiger partial charge in [0.05, 0.1) is 6.04 Å². The van der Waals surface area contributed by atoms with E-state index in [2.05, 4.69) is 5.32 Å². The van der Waals surface area contributed by atoms with Gasteiger partial charge < -0.3 is 16.0 Å². The second-order valence-corrected chi connectivity index (χ2v) is 5.37. The largest absolute Gasteiger partial charge is 0.352 e. The van der Waals surface area contributed by atoms with Gasteiger partial charge in [0.25, 0.3) is 0 Å². The molecule has 1 saturated carbocycles.